The summed E-state index contributed by atoms with van der Waals surface area (Å²) in [4.78, 5) is 5.53. The van der Waals surface area contributed by atoms with Gasteiger partial charge in [-0.3, -0.25) is 0 Å². The zero-order chi connectivity index (χ0) is 14.7. The molecule has 0 spiro atoms. The number of nitrogens with zero attached hydrogens (tertiary/aromatic N) is 1. The van der Waals surface area contributed by atoms with E-state index in [0.29, 0.717) is 18.2 Å². The van der Waals surface area contributed by atoms with Crippen LogP contribution < -0.4 is 4.74 Å². The maximum Gasteiger partial charge on any atom is 0.214 e. The molecule has 0 radical (unpaired) electrons. The van der Waals surface area contributed by atoms with Crippen LogP contribution >= 0.6 is 11.8 Å². The third-order valence-electron chi connectivity index (χ3n) is 3.07. The molecule has 4 heteroatoms. The highest BCUT2D eigenvalue weighted by atomic mass is 32.2. The highest BCUT2D eigenvalue weighted by molar-refractivity contribution is 7.99. The van der Waals surface area contributed by atoms with Crippen LogP contribution in [0.1, 0.15) is 6.92 Å². The summed E-state index contributed by atoms with van der Waals surface area (Å²) < 4.78 is 5.43. The number of aromatic hydroxyl groups is 1. The van der Waals surface area contributed by atoms with Crippen LogP contribution in [-0.4, -0.2) is 16.7 Å². The van der Waals surface area contributed by atoms with Crippen molar-refractivity contribution in [3.05, 3.63) is 54.6 Å². The second kappa shape index (κ2) is 6.06. The van der Waals surface area contributed by atoms with Crippen LogP contribution in [-0.2, 0) is 0 Å². The molecular formula is C17H15NO2S. The molecule has 0 saturated heterocycles. The summed E-state index contributed by atoms with van der Waals surface area (Å²) in [5, 5.41) is 12.7. The SMILES string of the molecule is CCOc1cccc(Sc2ccc(O)c3ccccc23)n1. The standard InChI is InChI=1S/C17H15NO2S/c1-2-20-16-8-5-9-17(18-16)21-15-11-10-14(19)12-6-3-4-7-13(12)15/h3-11,19H,2H2,1H3. The molecule has 0 aliphatic heterocycles. The first kappa shape index (κ1) is 13.8. The van der Waals surface area contributed by atoms with E-state index in [2.05, 4.69) is 4.98 Å². The smallest absolute Gasteiger partial charge is 0.214 e. The van der Waals surface area contributed by atoms with Gasteiger partial charge in [0.2, 0.25) is 5.88 Å². The molecule has 0 fully saturated rings. The summed E-state index contributed by atoms with van der Waals surface area (Å²) in [5.41, 5.74) is 0. The van der Waals surface area contributed by atoms with Gasteiger partial charge in [-0.2, -0.15) is 0 Å². The Labute approximate surface area is 127 Å². The Kier molecular flexibility index (Phi) is 3.97. The molecule has 21 heavy (non-hydrogen) atoms. The molecule has 0 saturated carbocycles. The van der Waals surface area contributed by atoms with Crippen molar-refractivity contribution in [3.8, 4) is 11.6 Å². The third kappa shape index (κ3) is 2.95. The lowest BCUT2D eigenvalue weighted by Crippen LogP contribution is -1.94. The van der Waals surface area contributed by atoms with Crippen LogP contribution in [0, 0.1) is 0 Å². The summed E-state index contributed by atoms with van der Waals surface area (Å²) in [6, 6.07) is 17.2. The predicted octanol–water partition coefficient (Wildman–Crippen LogP) is 4.49. The van der Waals surface area contributed by atoms with Gasteiger partial charge < -0.3 is 9.84 Å². The minimum Gasteiger partial charge on any atom is -0.507 e. The molecule has 3 nitrogen and oxygen atoms in total. The maximum atomic E-state index is 9.93. The van der Waals surface area contributed by atoms with Crippen LogP contribution in [0.4, 0.5) is 0 Å². The Morgan fingerprint density at radius 1 is 1.00 bits per heavy atom. The number of aromatic nitrogens is 1. The highest BCUT2D eigenvalue weighted by Gasteiger charge is 2.07. The molecule has 0 unspecified atom stereocenters. The van der Waals surface area contributed by atoms with Gasteiger partial charge in [-0.15, -0.1) is 0 Å². The van der Waals surface area contributed by atoms with Crippen molar-refractivity contribution in [3.63, 3.8) is 0 Å². The van der Waals surface area contributed by atoms with Crippen molar-refractivity contribution in [2.45, 2.75) is 16.8 Å². The first-order valence-electron chi connectivity index (χ1n) is 6.76. The summed E-state index contributed by atoms with van der Waals surface area (Å²) in [6.45, 7) is 2.54. The zero-order valence-corrected chi connectivity index (χ0v) is 12.4. The molecule has 3 aromatic rings. The first-order valence-corrected chi connectivity index (χ1v) is 7.58. The Morgan fingerprint density at radius 2 is 1.81 bits per heavy atom. The van der Waals surface area contributed by atoms with Gasteiger partial charge in [-0.05, 0) is 30.5 Å². The van der Waals surface area contributed by atoms with Gasteiger partial charge in [0.05, 0.1) is 6.61 Å². The molecule has 3 rings (SSSR count). The van der Waals surface area contributed by atoms with E-state index in [1.54, 1.807) is 17.8 Å². The van der Waals surface area contributed by atoms with Gasteiger partial charge in [0.1, 0.15) is 10.8 Å². The minimum absolute atomic E-state index is 0.297. The number of hydrogen-bond acceptors (Lipinski definition) is 4. The van der Waals surface area contributed by atoms with Crippen LogP contribution in [0.15, 0.2) is 64.5 Å². The minimum atomic E-state index is 0.297. The highest BCUT2D eigenvalue weighted by Crippen LogP contribution is 2.36. The van der Waals surface area contributed by atoms with E-state index in [1.807, 2.05) is 55.5 Å². The van der Waals surface area contributed by atoms with Crippen LogP contribution in [0.5, 0.6) is 11.6 Å². The van der Waals surface area contributed by atoms with Crippen molar-refractivity contribution in [1.82, 2.24) is 4.98 Å². The number of hydrogen-bond donors (Lipinski definition) is 1. The van der Waals surface area contributed by atoms with Crippen molar-refractivity contribution in [2.75, 3.05) is 6.61 Å². The molecule has 0 amide bonds. The Balaban J connectivity index is 1.98. The zero-order valence-electron chi connectivity index (χ0n) is 11.6. The molecule has 0 aliphatic carbocycles. The van der Waals surface area contributed by atoms with Gasteiger partial charge in [0.15, 0.2) is 0 Å². The Morgan fingerprint density at radius 3 is 2.62 bits per heavy atom. The van der Waals surface area contributed by atoms with E-state index in [9.17, 15) is 5.11 Å². The Bertz CT molecular complexity index is 774. The molecular weight excluding hydrogens is 282 g/mol. The van der Waals surface area contributed by atoms with Crippen molar-refractivity contribution >= 4 is 22.5 Å². The van der Waals surface area contributed by atoms with E-state index >= 15 is 0 Å². The third-order valence-corrected chi connectivity index (χ3v) is 4.08. The van der Waals surface area contributed by atoms with E-state index < -0.39 is 0 Å². The van der Waals surface area contributed by atoms with Gasteiger partial charge in [-0.25, -0.2) is 4.98 Å². The monoisotopic (exact) mass is 297 g/mol. The molecule has 106 valence electrons. The molecule has 1 aromatic heterocycles. The lowest BCUT2D eigenvalue weighted by atomic mass is 10.1. The average Bonchev–Trinajstić information content (AvgIpc) is 2.51. The Hall–Kier alpha value is -2.20. The first-order chi connectivity index (χ1) is 10.3. The van der Waals surface area contributed by atoms with Gasteiger partial charge in [0.25, 0.3) is 0 Å². The van der Waals surface area contributed by atoms with Crippen molar-refractivity contribution in [1.29, 1.82) is 0 Å². The van der Waals surface area contributed by atoms with Crippen LogP contribution in [0.25, 0.3) is 10.8 Å². The topological polar surface area (TPSA) is 42.4 Å². The normalized spacial score (nSPS) is 10.7. The number of phenols is 1. The van der Waals surface area contributed by atoms with Gasteiger partial charge in [-0.1, -0.05) is 42.1 Å². The maximum absolute atomic E-state index is 9.93. The number of fused-ring (bicyclic) bond motifs is 1. The summed E-state index contributed by atoms with van der Waals surface area (Å²) in [5.74, 6) is 0.927. The van der Waals surface area contributed by atoms with E-state index in [0.717, 1.165) is 20.7 Å². The fourth-order valence-electron chi connectivity index (χ4n) is 2.14. The van der Waals surface area contributed by atoms with Crippen LogP contribution in [0.2, 0.25) is 0 Å². The second-order valence-corrected chi connectivity index (χ2v) is 5.54. The predicted molar refractivity (Wildman–Crippen MR) is 85.1 cm³/mol. The van der Waals surface area contributed by atoms with Gasteiger partial charge >= 0.3 is 0 Å². The van der Waals surface area contributed by atoms with E-state index in [1.165, 1.54) is 0 Å². The van der Waals surface area contributed by atoms with Crippen molar-refractivity contribution in [2.24, 2.45) is 0 Å². The molecule has 0 aliphatic rings. The van der Waals surface area contributed by atoms with E-state index in [-0.39, 0.29) is 0 Å². The van der Waals surface area contributed by atoms with Gasteiger partial charge in [0, 0.05) is 16.3 Å². The fraction of sp³-hybridized carbons (Fsp3) is 0.118. The number of pyridine rings is 1. The summed E-state index contributed by atoms with van der Waals surface area (Å²) in [6.07, 6.45) is 0. The largest absolute Gasteiger partial charge is 0.507 e. The van der Waals surface area contributed by atoms with E-state index in [4.69, 9.17) is 4.74 Å². The number of phenolic OH excluding ortho intramolecular Hbond substituents is 1. The number of benzene rings is 2. The van der Waals surface area contributed by atoms with Crippen molar-refractivity contribution < 1.29 is 9.84 Å². The number of rotatable bonds is 4. The molecule has 0 bridgehead atoms. The summed E-state index contributed by atoms with van der Waals surface area (Å²) in [7, 11) is 0. The second-order valence-electron chi connectivity index (χ2n) is 4.48. The molecule has 1 heterocycles. The lowest BCUT2D eigenvalue weighted by Gasteiger charge is -2.08. The molecule has 0 atom stereocenters. The fourth-order valence-corrected chi connectivity index (χ4v) is 3.07. The average molecular weight is 297 g/mol. The van der Waals surface area contributed by atoms with Crippen LogP contribution in [0.3, 0.4) is 0 Å². The lowest BCUT2D eigenvalue weighted by molar-refractivity contribution is 0.324. The summed E-state index contributed by atoms with van der Waals surface area (Å²) >= 11 is 1.56. The number of ether oxygens (including phenoxy) is 1. The molecule has 2 aromatic carbocycles. The molecule has 1 N–H and O–H groups in total. The quantitative estimate of drug-likeness (QED) is 0.770.